The SMILES string of the molecule is CCOc1ccc(-c2cc3c(SCC(=O)Nc4c(C)cccc4Cl)nccn3n2)cc1. The first kappa shape index (κ1) is 21.2. The van der Waals surface area contributed by atoms with E-state index in [-0.39, 0.29) is 11.7 Å². The van der Waals surface area contributed by atoms with Gasteiger partial charge in [0, 0.05) is 18.0 Å². The molecule has 0 unspecified atom stereocenters. The average Bonchev–Trinajstić information content (AvgIpc) is 3.21. The Morgan fingerprint density at radius 3 is 2.77 bits per heavy atom. The number of aryl methyl sites for hydroxylation is 1. The maximum Gasteiger partial charge on any atom is 0.234 e. The lowest BCUT2D eigenvalue weighted by Crippen LogP contribution is -2.15. The first-order valence-electron chi connectivity index (χ1n) is 9.80. The van der Waals surface area contributed by atoms with Gasteiger partial charge >= 0.3 is 0 Å². The summed E-state index contributed by atoms with van der Waals surface area (Å²) in [5.41, 5.74) is 4.21. The Morgan fingerprint density at radius 2 is 2.03 bits per heavy atom. The summed E-state index contributed by atoms with van der Waals surface area (Å²) >= 11 is 7.56. The molecule has 2 heterocycles. The van der Waals surface area contributed by atoms with Crippen molar-refractivity contribution in [2.75, 3.05) is 17.7 Å². The molecule has 2 aromatic carbocycles. The van der Waals surface area contributed by atoms with E-state index in [1.54, 1.807) is 23.0 Å². The highest BCUT2D eigenvalue weighted by atomic mass is 35.5. The molecular formula is C23H21ClN4O2S. The molecule has 0 saturated carbocycles. The number of para-hydroxylation sites is 1. The molecule has 4 aromatic rings. The number of halogens is 1. The van der Waals surface area contributed by atoms with E-state index in [0.717, 1.165) is 33.1 Å². The zero-order valence-electron chi connectivity index (χ0n) is 17.1. The fourth-order valence-corrected chi connectivity index (χ4v) is 4.18. The minimum atomic E-state index is -0.142. The van der Waals surface area contributed by atoms with Crippen LogP contribution in [0.2, 0.25) is 5.02 Å². The molecule has 0 spiro atoms. The quantitative estimate of drug-likeness (QED) is 0.375. The van der Waals surface area contributed by atoms with E-state index in [1.807, 2.05) is 56.3 Å². The predicted octanol–water partition coefficient (Wildman–Crippen LogP) is 5.49. The molecule has 0 radical (unpaired) electrons. The Morgan fingerprint density at radius 1 is 1.23 bits per heavy atom. The highest BCUT2D eigenvalue weighted by Gasteiger charge is 2.13. The Balaban J connectivity index is 1.50. The van der Waals surface area contributed by atoms with Crippen molar-refractivity contribution in [2.45, 2.75) is 18.9 Å². The molecule has 2 aromatic heterocycles. The molecular weight excluding hydrogens is 432 g/mol. The van der Waals surface area contributed by atoms with E-state index in [0.29, 0.717) is 17.3 Å². The third-order valence-corrected chi connectivity index (χ3v) is 5.95. The molecule has 8 heteroatoms. The number of aromatic nitrogens is 3. The number of nitrogens with zero attached hydrogens (tertiary/aromatic N) is 3. The predicted molar refractivity (Wildman–Crippen MR) is 125 cm³/mol. The summed E-state index contributed by atoms with van der Waals surface area (Å²) in [6.07, 6.45) is 3.48. The van der Waals surface area contributed by atoms with Crippen molar-refractivity contribution >= 4 is 40.5 Å². The van der Waals surface area contributed by atoms with Crippen LogP contribution in [-0.4, -0.2) is 32.9 Å². The summed E-state index contributed by atoms with van der Waals surface area (Å²) in [6.45, 7) is 4.49. The van der Waals surface area contributed by atoms with Crippen LogP contribution in [0.1, 0.15) is 12.5 Å². The topological polar surface area (TPSA) is 68.5 Å². The van der Waals surface area contributed by atoms with Crippen LogP contribution in [0.25, 0.3) is 16.8 Å². The normalized spacial score (nSPS) is 10.9. The lowest BCUT2D eigenvalue weighted by Gasteiger charge is -2.10. The Labute approximate surface area is 189 Å². The highest BCUT2D eigenvalue weighted by Crippen LogP contribution is 2.28. The zero-order valence-corrected chi connectivity index (χ0v) is 18.7. The fourth-order valence-electron chi connectivity index (χ4n) is 3.14. The number of benzene rings is 2. The number of anilines is 1. The molecule has 0 aliphatic heterocycles. The van der Waals surface area contributed by atoms with Gasteiger partial charge in [0.2, 0.25) is 5.91 Å². The van der Waals surface area contributed by atoms with Crippen LogP contribution in [0, 0.1) is 6.92 Å². The van der Waals surface area contributed by atoms with Gasteiger partial charge in [-0.2, -0.15) is 5.10 Å². The molecule has 0 aliphatic rings. The smallest absolute Gasteiger partial charge is 0.234 e. The first-order valence-corrected chi connectivity index (χ1v) is 11.2. The highest BCUT2D eigenvalue weighted by molar-refractivity contribution is 8.00. The largest absolute Gasteiger partial charge is 0.494 e. The maximum absolute atomic E-state index is 12.5. The van der Waals surface area contributed by atoms with Gasteiger partial charge in [-0.25, -0.2) is 9.50 Å². The van der Waals surface area contributed by atoms with Crippen LogP contribution in [0.4, 0.5) is 5.69 Å². The molecule has 31 heavy (non-hydrogen) atoms. The number of ether oxygens (including phenoxy) is 1. The van der Waals surface area contributed by atoms with Crippen molar-refractivity contribution in [1.82, 2.24) is 14.6 Å². The van der Waals surface area contributed by atoms with Gasteiger partial charge in [0.1, 0.15) is 10.8 Å². The van der Waals surface area contributed by atoms with Crippen molar-refractivity contribution in [3.63, 3.8) is 0 Å². The van der Waals surface area contributed by atoms with E-state index in [4.69, 9.17) is 16.3 Å². The number of rotatable bonds is 7. The summed E-state index contributed by atoms with van der Waals surface area (Å²) in [4.78, 5) is 16.9. The third-order valence-electron chi connectivity index (χ3n) is 4.64. The second-order valence-electron chi connectivity index (χ2n) is 6.82. The second-order valence-corrected chi connectivity index (χ2v) is 8.19. The van der Waals surface area contributed by atoms with Gasteiger partial charge in [-0.1, -0.05) is 35.5 Å². The van der Waals surface area contributed by atoms with Gasteiger partial charge in [0.25, 0.3) is 0 Å². The van der Waals surface area contributed by atoms with Gasteiger partial charge < -0.3 is 10.1 Å². The minimum Gasteiger partial charge on any atom is -0.494 e. The van der Waals surface area contributed by atoms with Crippen molar-refractivity contribution in [3.8, 4) is 17.0 Å². The van der Waals surface area contributed by atoms with E-state index in [2.05, 4.69) is 15.4 Å². The Kier molecular flexibility index (Phi) is 6.44. The number of fused-ring (bicyclic) bond motifs is 1. The van der Waals surface area contributed by atoms with E-state index < -0.39 is 0 Å². The molecule has 0 bridgehead atoms. The Hall–Kier alpha value is -3.03. The minimum absolute atomic E-state index is 0.142. The van der Waals surface area contributed by atoms with Gasteiger partial charge in [-0.05, 0) is 55.8 Å². The number of carbonyl (C=O) groups excluding carboxylic acids is 1. The van der Waals surface area contributed by atoms with Gasteiger partial charge in [-0.15, -0.1) is 0 Å². The van der Waals surface area contributed by atoms with Gasteiger partial charge in [0.05, 0.1) is 34.3 Å². The van der Waals surface area contributed by atoms with Crippen LogP contribution in [-0.2, 0) is 4.79 Å². The molecule has 4 rings (SSSR count). The first-order chi connectivity index (χ1) is 15.0. The van der Waals surface area contributed by atoms with Crippen LogP contribution >= 0.6 is 23.4 Å². The van der Waals surface area contributed by atoms with Crippen LogP contribution in [0.3, 0.4) is 0 Å². The van der Waals surface area contributed by atoms with Crippen molar-refractivity contribution in [2.24, 2.45) is 0 Å². The van der Waals surface area contributed by atoms with Gasteiger partial charge in [-0.3, -0.25) is 4.79 Å². The van der Waals surface area contributed by atoms with E-state index in [9.17, 15) is 4.79 Å². The average molecular weight is 453 g/mol. The summed E-state index contributed by atoms with van der Waals surface area (Å²) in [5.74, 6) is 0.893. The maximum atomic E-state index is 12.5. The molecule has 0 atom stereocenters. The van der Waals surface area contributed by atoms with E-state index in [1.165, 1.54) is 11.8 Å². The lowest BCUT2D eigenvalue weighted by molar-refractivity contribution is -0.113. The van der Waals surface area contributed by atoms with E-state index >= 15 is 0 Å². The van der Waals surface area contributed by atoms with Crippen LogP contribution < -0.4 is 10.1 Å². The summed E-state index contributed by atoms with van der Waals surface area (Å²) in [6, 6.07) is 15.3. The molecule has 0 fully saturated rings. The van der Waals surface area contributed by atoms with Gasteiger partial charge in [0.15, 0.2) is 0 Å². The van der Waals surface area contributed by atoms with Crippen LogP contribution in [0.5, 0.6) is 5.75 Å². The third kappa shape index (κ3) is 4.84. The van der Waals surface area contributed by atoms with Crippen LogP contribution in [0.15, 0.2) is 66.0 Å². The summed E-state index contributed by atoms with van der Waals surface area (Å²) < 4.78 is 7.28. The number of hydrogen-bond acceptors (Lipinski definition) is 5. The molecule has 6 nitrogen and oxygen atoms in total. The zero-order chi connectivity index (χ0) is 21.8. The molecule has 0 aliphatic carbocycles. The standard InChI is InChI=1S/C23H21ClN4O2S/c1-3-30-17-9-7-16(8-10-17)19-13-20-23(25-11-12-28(20)27-19)31-14-21(29)26-22-15(2)5-4-6-18(22)24/h4-13H,3,14H2,1-2H3,(H,26,29). The molecule has 0 saturated heterocycles. The monoisotopic (exact) mass is 452 g/mol. The number of nitrogens with one attached hydrogen (secondary N) is 1. The number of carbonyl (C=O) groups is 1. The second kappa shape index (κ2) is 9.41. The van der Waals surface area contributed by atoms with Crippen molar-refractivity contribution < 1.29 is 9.53 Å². The molecule has 158 valence electrons. The molecule has 1 amide bonds. The van der Waals surface area contributed by atoms with Crippen molar-refractivity contribution in [3.05, 3.63) is 71.5 Å². The number of thioether (sulfide) groups is 1. The fraction of sp³-hybridized carbons (Fsp3) is 0.174. The Bertz CT molecular complexity index is 1200. The number of amides is 1. The summed E-state index contributed by atoms with van der Waals surface area (Å²) in [7, 11) is 0. The van der Waals surface area contributed by atoms with Crippen molar-refractivity contribution in [1.29, 1.82) is 0 Å². The number of hydrogen-bond donors (Lipinski definition) is 1. The molecule has 1 N–H and O–H groups in total. The summed E-state index contributed by atoms with van der Waals surface area (Å²) in [5, 5.41) is 8.79. The lowest BCUT2D eigenvalue weighted by atomic mass is 10.1.